The highest BCUT2D eigenvalue weighted by molar-refractivity contribution is 7.99. The maximum absolute atomic E-state index is 12.6. The highest BCUT2D eigenvalue weighted by Crippen LogP contribution is 2.25. The van der Waals surface area contributed by atoms with Crippen molar-refractivity contribution < 1.29 is 19.1 Å². The second-order valence-electron chi connectivity index (χ2n) is 7.27. The van der Waals surface area contributed by atoms with Crippen LogP contribution in [0.25, 0.3) is 0 Å². The van der Waals surface area contributed by atoms with Crippen LogP contribution in [-0.4, -0.2) is 46.0 Å². The number of aromatic nitrogens is 3. The first-order valence-electron chi connectivity index (χ1n) is 11.0. The van der Waals surface area contributed by atoms with Gasteiger partial charge in [-0.25, -0.2) is 0 Å². The number of nitrogens with one attached hydrogen (secondary N) is 2. The third kappa shape index (κ3) is 6.28. The molecule has 3 aromatic rings. The number of amides is 2. The fourth-order valence-corrected chi connectivity index (χ4v) is 4.09. The number of rotatable bonds is 11. The van der Waals surface area contributed by atoms with Gasteiger partial charge in [0.2, 0.25) is 5.91 Å². The summed E-state index contributed by atoms with van der Waals surface area (Å²) in [6.45, 7) is 6.82. The normalized spacial score (nSPS) is 11.5. The average molecular weight is 484 g/mol. The van der Waals surface area contributed by atoms with E-state index >= 15 is 0 Å². The summed E-state index contributed by atoms with van der Waals surface area (Å²) in [5, 5.41) is 14.9. The summed E-state index contributed by atoms with van der Waals surface area (Å²) in [5.41, 5.74) is 1.15. The van der Waals surface area contributed by atoms with E-state index in [2.05, 4.69) is 20.8 Å². The number of para-hydroxylation sites is 2. The Labute approximate surface area is 203 Å². The number of hydrogen-bond donors (Lipinski definition) is 2. The van der Waals surface area contributed by atoms with Crippen LogP contribution < -0.4 is 20.1 Å². The zero-order chi connectivity index (χ0) is 24.5. The Kier molecular flexibility index (Phi) is 8.92. The van der Waals surface area contributed by atoms with Gasteiger partial charge in [0.05, 0.1) is 31.2 Å². The molecule has 0 unspecified atom stereocenters. The Hall–Kier alpha value is -3.53. The van der Waals surface area contributed by atoms with Crippen molar-refractivity contribution in [3.05, 3.63) is 59.9 Å². The molecule has 0 saturated heterocycles. The highest BCUT2D eigenvalue weighted by Gasteiger charge is 2.20. The molecule has 1 aromatic heterocycles. The van der Waals surface area contributed by atoms with Gasteiger partial charge in [-0.05, 0) is 57.2 Å². The Morgan fingerprint density at radius 2 is 1.82 bits per heavy atom. The lowest BCUT2D eigenvalue weighted by molar-refractivity contribution is -0.113. The van der Waals surface area contributed by atoms with Gasteiger partial charge < -0.3 is 24.7 Å². The number of nitrogens with zero attached hydrogens (tertiary/aromatic N) is 3. The maximum atomic E-state index is 12.6. The standard InChI is InChI=1S/C24H29N5O4S/c1-5-29-22(16(3)25-23(31)17-11-13-18(32-4)14-12-17)27-28-24(29)34-15-21(30)26-19-9-7-8-10-20(19)33-6-2/h7-14,16H,5-6,15H2,1-4H3,(H,25,31)(H,26,30)/t16-/m0/s1. The molecule has 34 heavy (non-hydrogen) atoms. The van der Waals surface area contributed by atoms with Gasteiger partial charge in [-0.15, -0.1) is 10.2 Å². The van der Waals surface area contributed by atoms with E-state index in [9.17, 15) is 9.59 Å². The Morgan fingerprint density at radius 1 is 1.09 bits per heavy atom. The first kappa shape index (κ1) is 25.1. The van der Waals surface area contributed by atoms with Crippen molar-refractivity contribution in [3.63, 3.8) is 0 Å². The molecule has 0 fully saturated rings. The number of hydrogen-bond acceptors (Lipinski definition) is 7. The average Bonchev–Trinajstić information content (AvgIpc) is 3.27. The molecule has 180 valence electrons. The maximum Gasteiger partial charge on any atom is 0.251 e. The second kappa shape index (κ2) is 12.1. The topological polar surface area (TPSA) is 107 Å². The minimum atomic E-state index is -0.372. The molecule has 3 rings (SSSR count). The summed E-state index contributed by atoms with van der Waals surface area (Å²) in [4.78, 5) is 25.1. The van der Waals surface area contributed by atoms with Gasteiger partial charge in [-0.3, -0.25) is 9.59 Å². The van der Waals surface area contributed by atoms with Crippen molar-refractivity contribution in [1.82, 2.24) is 20.1 Å². The Morgan fingerprint density at radius 3 is 2.50 bits per heavy atom. The molecular weight excluding hydrogens is 454 g/mol. The number of ether oxygens (including phenoxy) is 2. The zero-order valence-corrected chi connectivity index (χ0v) is 20.5. The molecule has 2 N–H and O–H groups in total. The second-order valence-corrected chi connectivity index (χ2v) is 8.22. The summed E-state index contributed by atoms with van der Waals surface area (Å²) in [6, 6.07) is 13.8. The minimum absolute atomic E-state index is 0.158. The summed E-state index contributed by atoms with van der Waals surface area (Å²) in [7, 11) is 1.58. The van der Waals surface area contributed by atoms with E-state index in [1.807, 2.05) is 43.5 Å². The van der Waals surface area contributed by atoms with Gasteiger partial charge in [-0.2, -0.15) is 0 Å². The third-order valence-electron chi connectivity index (χ3n) is 4.94. The van der Waals surface area contributed by atoms with Gasteiger partial charge in [0.1, 0.15) is 11.5 Å². The van der Waals surface area contributed by atoms with E-state index in [1.54, 1.807) is 37.4 Å². The van der Waals surface area contributed by atoms with E-state index in [-0.39, 0.29) is 23.6 Å². The predicted molar refractivity (Wildman–Crippen MR) is 132 cm³/mol. The van der Waals surface area contributed by atoms with Crippen LogP contribution in [0.2, 0.25) is 0 Å². The molecule has 10 heteroatoms. The molecule has 0 aliphatic rings. The smallest absolute Gasteiger partial charge is 0.251 e. The first-order valence-corrected chi connectivity index (χ1v) is 12.0. The van der Waals surface area contributed by atoms with Crippen LogP contribution in [0.15, 0.2) is 53.7 Å². The molecule has 0 radical (unpaired) electrons. The molecule has 9 nitrogen and oxygen atoms in total. The molecule has 0 saturated carbocycles. The molecule has 2 aromatic carbocycles. The van der Waals surface area contributed by atoms with Crippen LogP contribution >= 0.6 is 11.8 Å². The molecule has 0 bridgehead atoms. The van der Waals surface area contributed by atoms with Crippen LogP contribution in [0, 0.1) is 0 Å². The van der Waals surface area contributed by atoms with E-state index in [0.717, 1.165) is 0 Å². The van der Waals surface area contributed by atoms with Crippen molar-refractivity contribution in [2.45, 2.75) is 38.5 Å². The molecule has 0 aliphatic carbocycles. The SMILES string of the molecule is CCOc1ccccc1NC(=O)CSc1nnc([C@H](C)NC(=O)c2ccc(OC)cc2)n1CC. The minimum Gasteiger partial charge on any atom is -0.497 e. The largest absolute Gasteiger partial charge is 0.497 e. The Bertz CT molecular complexity index is 1120. The summed E-state index contributed by atoms with van der Waals surface area (Å²) < 4.78 is 12.6. The van der Waals surface area contributed by atoms with Crippen molar-refractivity contribution in [3.8, 4) is 11.5 Å². The highest BCUT2D eigenvalue weighted by atomic mass is 32.2. The fraction of sp³-hybridized carbons (Fsp3) is 0.333. The molecular formula is C24H29N5O4S. The zero-order valence-electron chi connectivity index (χ0n) is 19.7. The molecule has 0 spiro atoms. The molecule has 1 atom stereocenters. The van der Waals surface area contributed by atoms with Crippen LogP contribution in [-0.2, 0) is 11.3 Å². The Balaban J connectivity index is 1.62. The van der Waals surface area contributed by atoms with Crippen LogP contribution in [0.4, 0.5) is 5.69 Å². The number of anilines is 1. The number of methoxy groups -OCH3 is 1. The van der Waals surface area contributed by atoms with E-state index in [4.69, 9.17) is 9.47 Å². The van der Waals surface area contributed by atoms with Gasteiger partial charge >= 0.3 is 0 Å². The summed E-state index contributed by atoms with van der Waals surface area (Å²) in [5.74, 6) is 1.69. The van der Waals surface area contributed by atoms with E-state index in [1.165, 1.54) is 11.8 Å². The molecule has 0 aliphatic heterocycles. The lowest BCUT2D eigenvalue weighted by Crippen LogP contribution is -2.28. The number of benzene rings is 2. The first-order chi connectivity index (χ1) is 16.5. The van der Waals surface area contributed by atoms with Gasteiger partial charge in [0.25, 0.3) is 5.91 Å². The van der Waals surface area contributed by atoms with Crippen LogP contribution in [0.3, 0.4) is 0 Å². The van der Waals surface area contributed by atoms with E-state index < -0.39 is 0 Å². The van der Waals surface area contributed by atoms with E-state index in [0.29, 0.717) is 46.9 Å². The summed E-state index contributed by atoms with van der Waals surface area (Å²) in [6.07, 6.45) is 0. The lowest BCUT2D eigenvalue weighted by atomic mass is 10.2. The summed E-state index contributed by atoms with van der Waals surface area (Å²) >= 11 is 1.29. The van der Waals surface area contributed by atoms with Crippen molar-refractivity contribution in [2.24, 2.45) is 0 Å². The third-order valence-corrected chi connectivity index (χ3v) is 5.91. The monoisotopic (exact) mass is 483 g/mol. The quantitative estimate of drug-likeness (QED) is 0.398. The van der Waals surface area contributed by atoms with Crippen molar-refractivity contribution in [1.29, 1.82) is 0 Å². The lowest BCUT2D eigenvalue weighted by Gasteiger charge is -2.15. The number of carbonyl (C=O) groups is 2. The van der Waals surface area contributed by atoms with Crippen molar-refractivity contribution >= 4 is 29.3 Å². The van der Waals surface area contributed by atoms with Crippen molar-refractivity contribution in [2.75, 3.05) is 24.8 Å². The van der Waals surface area contributed by atoms with Gasteiger partial charge in [0, 0.05) is 12.1 Å². The predicted octanol–water partition coefficient (Wildman–Crippen LogP) is 3.93. The molecule has 2 amide bonds. The molecule has 1 heterocycles. The van der Waals surface area contributed by atoms with Gasteiger partial charge in [-0.1, -0.05) is 23.9 Å². The fourth-order valence-electron chi connectivity index (χ4n) is 3.28. The number of thioether (sulfide) groups is 1. The van der Waals surface area contributed by atoms with Gasteiger partial charge in [0.15, 0.2) is 11.0 Å². The van der Waals surface area contributed by atoms with Crippen LogP contribution in [0.1, 0.15) is 43.0 Å². The van der Waals surface area contributed by atoms with Crippen LogP contribution in [0.5, 0.6) is 11.5 Å². The number of carbonyl (C=O) groups excluding carboxylic acids is 2.